The summed E-state index contributed by atoms with van der Waals surface area (Å²) in [6.45, 7) is 18.1. The number of ether oxygens (including phenoxy) is 4. The molecule has 4 atom stereocenters. The number of hydrogen-bond donors (Lipinski definition) is 0. The number of aryl methyl sites for hydroxylation is 2. The van der Waals surface area contributed by atoms with E-state index in [1.165, 1.54) is 0 Å². The number of benzene rings is 2. The summed E-state index contributed by atoms with van der Waals surface area (Å²) in [6.07, 6.45) is 16.5. The molecule has 0 amide bonds. The van der Waals surface area contributed by atoms with E-state index in [-0.39, 0.29) is 72.4 Å². The first kappa shape index (κ1) is 50.5. The normalized spacial score (nSPS) is 13.3. The maximum atomic E-state index is 14.1. The van der Waals surface area contributed by atoms with E-state index in [9.17, 15) is 19.2 Å². The molecule has 0 spiro atoms. The smallest absolute Gasteiger partial charge is 0.339 e. The molecule has 8 heteroatoms. The highest BCUT2D eigenvalue weighted by atomic mass is 16.5. The minimum atomic E-state index is -0.557. The Morgan fingerprint density at radius 1 is 0.414 bits per heavy atom. The molecule has 0 aliphatic heterocycles. The van der Waals surface area contributed by atoms with Crippen LogP contribution >= 0.6 is 0 Å². The van der Waals surface area contributed by atoms with Crippen molar-refractivity contribution in [2.45, 2.75) is 171 Å². The van der Waals surface area contributed by atoms with Gasteiger partial charge in [0, 0.05) is 0 Å². The fourth-order valence-electron chi connectivity index (χ4n) is 7.38. The number of unbranched alkanes of at least 4 members (excludes halogenated alkanes) is 4. The minimum absolute atomic E-state index is 0.178. The second-order valence-electron chi connectivity index (χ2n) is 16.2. The Labute approximate surface area is 351 Å². The van der Waals surface area contributed by atoms with Crippen LogP contribution in [0.3, 0.4) is 0 Å². The van der Waals surface area contributed by atoms with Gasteiger partial charge in [-0.2, -0.15) is 0 Å². The SMILES string of the molecule is CCCCC(CC)COC(=O)c1cccc(CCc2cccc(C(=O)OCC(CC)CCCC)c2C(=O)OCC(CC)CCCC)c1C(=O)OCC(CC)CCCC. The van der Waals surface area contributed by atoms with E-state index in [1.807, 2.05) is 12.1 Å². The third-order valence-electron chi connectivity index (χ3n) is 11.8. The first-order valence-electron chi connectivity index (χ1n) is 23.0. The topological polar surface area (TPSA) is 105 Å². The molecule has 0 aliphatic rings. The standard InChI is InChI=1S/C50H78O8/c1-9-17-23-37(13-5)33-55-47(51)43-29-21-27-41(45(43)49(53)57-35-39(15-7)25-19-11-3)31-32-42-28-22-30-44(48(52)56-34-38(14-6)24-18-10-2)46(42)50(54)58-36-40(16-8)26-20-12-4/h21-22,27-30,37-40H,9-20,23-26,31-36H2,1-8H3. The van der Waals surface area contributed by atoms with Gasteiger partial charge in [0.15, 0.2) is 0 Å². The van der Waals surface area contributed by atoms with E-state index in [2.05, 4.69) is 55.4 Å². The first-order valence-corrected chi connectivity index (χ1v) is 23.0. The highest BCUT2D eigenvalue weighted by molar-refractivity contribution is 6.05. The van der Waals surface area contributed by atoms with Crippen LogP contribution in [-0.2, 0) is 31.8 Å². The van der Waals surface area contributed by atoms with Crippen molar-refractivity contribution in [2.75, 3.05) is 26.4 Å². The molecule has 0 saturated heterocycles. The van der Waals surface area contributed by atoms with Crippen LogP contribution in [0.4, 0.5) is 0 Å². The van der Waals surface area contributed by atoms with Crippen LogP contribution in [0.25, 0.3) is 0 Å². The van der Waals surface area contributed by atoms with Crippen LogP contribution in [0.2, 0.25) is 0 Å². The quantitative estimate of drug-likeness (QED) is 0.0548. The molecular formula is C50H78O8. The lowest BCUT2D eigenvalue weighted by molar-refractivity contribution is 0.0379. The third-order valence-corrected chi connectivity index (χ3v) is 11.8. The molecule has 0 bridgehead atoms. The summed E-state index contributed by atoms with van der Waals surface area (Å²) in [5.41, 5.74) is 1.96. The average Bonchev–Trinajstić information content (AvgIpc) is 3.25. The number of rotatable bonds is 31. The van der Waals surface area contributed by atoms with Crippen molar-refractivity contribution in [3.8, 4) is 0 Å². The Morgan fingerprint density at radius 3 is 0.948 bits per heavy atom. The molecule has 0 aliphatic carbocycles. The van der Waals surface area contributed by atoms with Crippen molar-refractivity contribution >= 4 is 23.9 Å². The van der Waals surface area contributed by atoms with Gasteiger partial charge in [0.05, 0.1) is 48.7 Å². The maximum absolute atomic E-state index is 14.1. The zero-order valence-electron chi connectivity index (χ0n) is 37.6. The molecule has 2 aromatic rings. The molecule has 0 heterocycles. The van der Waals surface area contributed by atoms with Crippen LogP contribution in [0, 0.1) is 23.7 Å². The summed E-state index contributed by atoms with van der Waals surface area (Å²) in [5, 5.41) is 0. The van der Waals surface area contributed by atoms with Gasteiger partial charge in [-0.1, -0.05) is 157 Å². The van der Waals surface area contributed by atoms with Crippen molar-refractivity contribution in [3.05, 3.63) is 69.8 Å². The van der Waals surface area contributed by atoms with Crippen molar-refractivity contribution in [2.24, 2.45) is 23.7 Å². The number of esters is 4. The van der Waals surface area contributed by atoms with Gasteiger partial charge in [-0.3, -0.25) is 0 Å². The monoisotopic (exact) mass is 807 g/mol. The molecular weight excluding hydrogens is 729 g/mol. The van der Waals surface area contributed by atoms with E-state index in [0.717, 1.165) is 103 Å². The molecule has 0 N–H and O–H groups in total. The molecule has 2 rings (SSSR count). The van der Waals surface area contributed by atoms with Crippen molar-refractivity contribution < 1.29 is 38.1 Å². The molecule has 58 heavy (non-hydrogen) atoms. The number of carbonyl (C=O) groups is 4. The third kappa shape index (κ3) is 17.3. The molecule has 2 aromatic carbocycles. The van der Waals surface area contributed by atoms with Crippen LogP contribution in [0.5, 0.6) is 0 Å². The predicted octanol–water partition coefficient (Wildman–Crippen LogP) is 13.0. The Hall–Kier alpha value is -3.68. The van der Waals surface area contributed by atoms with Gasteiger partial charge >= 0.3 is 23.9 Å². The van der Waals surface area contributed by atoms with E-state index >= 15 is 0 Å². The van der Waals surface area contributed by atoms with E-state index < -0.39 is 23.9 Å². The predicted molar refractivity (Wildman–Crippen MR) is 235 cm³/mol. The van der Waals surface area contributed by atoms with Crippen molar-refractivity contribution in [1.82, 2.24) is 0 Å². The van der Waals surface area contributed by atoms with Crippen molar-refractivity contribution in [1.29, 1.82) is 0 Å². The Kier molecular flexibility index (Phi) is 25.7. The van der Waals surface area contributed by atoms with Gasteiger partial charge in [-0.15, -0.1) is 0 Å². The molecule has 8 nitrogen and oxygen atoms in total. The van der Waals surface area contributed by atoms with Crippen LogP contribution < -0.4 is 0 Å². The molecule has 0 saturated carbocycles. The fraction of sp³-hybridized carbons (Fsp3) is 0.680. The second-order valence-corrected chi connectivity index (χ2v) is 16.2. The lowest BCUT2D eigenvalue weighted by atomic mass is 9.92. The Morgan fingerprint density at radius 2 is 0.690 bits per heavy atom. The summed E-state index contributed by atoms with van der Waals surface area (Å²) < 4.78 is 23.7. The zero-order chi connectivity index (χ0) is 42.7. The molecule has 0 fully saturated rings. The van der Waals surface area contributed by atoms with Gasteiger partial charge in [-0.05, 0) is 85.5 Å². The van der Waals surface area contributed by atoms with E-state index in [4.69, 9.17) is 18.9 Å². The maximum Gasteiger partial charge on any atom is 0.339 e. The van der Waals surface area contributed by atoms with Crippen molar-refractivity contribution in [3.63, 3.8) is 0 Å². The van der Waals surface area contributed by atoms with E-state index in [0.29, 0.717) is 24.0 Å². The summed E-state index contributed by atoms with van der Waals surface area (Å²) in [5.74, 6) is -1.28. The van der Waals surface area contributed by atoms with Gasteiger partial charge in [0.25, 0.3) is 0 Å². The Balaban J connectivity index is 2.55. The number of hydrogen-bond acceptors (Lipinski definition) is 8. The number of carbonyl (C=O) groups excluding carboxylic acids is 4. The summed E-state index contributed by atoms with van der Waals surface area (Å²) >= 11 is 0. The van der Waals surface area contributed by atoms with Crippen LogP contribution in [0.1, 0.15) is 211 Å². The van der Waals surface area contributed by atoms with Gasteiger partial charge < -0.3 is 18.9 Å². The molecule has 0 radical (unpaired) electrons. The second kappa shape index (κ2) is 29.5. The summed E-state index contributed by atoms with van der Waals surface area (Å²) in [6, 6.07) is 10.5. The summed E-state index contributed by atoms with van der Waals surface area (Å²) in [7, 11) is 0. The van der Waals surface area contributed by atoms with Gasteiger partial charge in [0.2, 0.25) is 0 Å². The summed E-state index contributed by atoms with van der Waals surface area (Å²) in [4.78, 5) is 55.6. The largest absolute Gasteiger partial charge is 0.462 e. The average molecular weight is 807 g/mol. The minimum Gasteiger partial charge on any atom is -0.462 e. The van der Waals surface area contributed by atoms with E-state index in [1.54, 1.807) is 24.3 Å². The van der Waals surface area contributed by atoms with Crippen LogP contribution in [-0.4, -0.2) is 50.3 Å². The fourth-order valence-corrected chi connectivity index (χ4v) is 7.38. The lowest BCUT2D eigenvalue weighted by Crippen LogP contribution is -2.22. The highest BCUT2D eigenvalue weighted by Gasteiger charge is 2.28. The molecule has 0 aromatic heterocycles. The van der Waals surface area contributed by atoms with Gasteiger partial charge in [0.1, 0.15) is 0 Å². The first-order chi connectivity index (χ1) is 28.1. The van der Waals surface area contributed by atoms with Crippen LogP contribution in [0.15, 0.2) is 36.4 Å². The Bertz CT molecular complexity index is 1390. The lowest BCUT2D eigenvalue weighted by Gasteiger charge is -2.20. The highest BCUT2D eigenvalue weighted by Crippen LogP contribution is 2.26. The molecule has 4 unspecified atom stereocenters. The zero-order valence-corrected chi connectivity index (χ0v) is 37.6. The van der Waals surface area contributed by atoms with Gasteiger partial charge in [-0.25, -0.2) is 19.2 Å². The molecule has 326 valence electrons.